The molecule has 0 aliphatic rings. The van der Waals surface area contributed by atoms with E-state index in [2.05, 4.69) is 42.1 Å². The van der Waals surface area contributed by atoms with Crippen molar-refractivity contribution in [3.05, 3.63) is 53.3 Å². The number of benzene rings is 1. The van der Waals surface area contributed by atoms with Crippen molar-refractivity contribution < 1.29 is 4.74 Å². The van der Waals surface area contributed by atoms with E-state index in [4.69, 9.17) is 4.74 Å². The first kappa shape index (κ1) is 13.5. The van der Waals surface area contributed by atoms with Crippen molar-refractivity contribution in [2.45, 2.75) is 40.3 Å². The van der Waals surface area contributed by atoms with Gasteiger partial charge in [-0.2, -0.15) is 0 Å². The minimum absolute atomic E-state index is 0.191. The van der Waals surface area contributed by atoms with Crippen LogP contribution in [0.3, 0.4) is 0 Å². The van der Waals surface area contributed by atoms with Gasteiger partial charge in [0, 0.05) is 17.0 Å². The molecule has 0 aliphatic carbocycles. The normalized spacial score (nSPS) is 10.8. The minimum atomic E-state index is 0.191. The number of rotatable bonds is 5. The van der Waals surface area contributed by atoms with Crippen LogP contribution in [0.4, 0.5) is 0 Å². The van der Waals surface area contributed by atoms with Crippen molar-refractivity contribution in [1.29, 1.82) is 0 Å². The van der Waals surface area contributed by atoms with Gasteiger partial charge >= 0.3 is 0 Å². The maximum Gasteiger partial charge on any atom is 0.124 e. The lowest BCUT2D eigenvalue weighted by atomic mass is 10.2. The second-order valence-corrected chi connectivity index (χ2v) is 5.06. The molecule has 0 bridgehead atoms. The molecule has 0 radical (unpaired) electrons. The Morgan fingerprint density at radius 2 is 1.68 bits per heavy atom. The molecule has 0 saturated carbocycles. The van der Waals surface area contributed by atoms with Gasteiger partial charge in [0.15, 0.2) is 0 Å². The number of para-hydroxylation sites is 1. The van der Waals surface area contributed by atoms with Crippen molar-refractivity contribution in [3.8, 4) is 5.75 Å². The number of nitrogens with one attached hydrogen (secondary N) is 1. The van der Waals surface area contributed by atoms with E-state index in [0.29, 0.717) is 0 Å². The summed E-state index contributed by atoms with van der Waals surface area (Å²) >= 11 is 0. The second-order valence-electron chi connectivity index (χ2n) is 5.06. The average Bonchev–Trinajstić information content (AvgIpc) is 2.68. The predicted octanol–water partition coefficient (Wildman–Crippen LogP) is 3.64. The van der Waals surface area contributed by atoms with Gasteiger partial charge in [-0.25, -0.2) is 0 Å². The summed E-state index contributed by atoms with van der Waals surface area (Å²) in [7, 11) is 0. The van der Waals surface area contributed by atoms with Crippen molar-refractivity contribution in [2.75, 3.05) is 5.43 Å². The highest BCUT2D eigenvalue weighted by atomic mass is 16.5. The Kier molecular flexibility index (Phi) is 4.15. The predicted molar refractivity (Wildman–Crippen MR) is 79.2 cm³/mol. The topological polar surface area (TPSA) is 26.2 Å². The quantitative estimate of drug-likeness (QED) is 0.886. The van der Waals surface area contributed by atoms with Crippen LogP contribution in [-0.2, 0) is 6.54 Å². The average molecular weight is 258 g/mol. The Labute approximate surface area is 115 Å². The van der Waals surface area contributed by atoms with Crippen LogP contribution in [0.25, 0.3) is 0 Å². The zero-order valence-electron chi connectivity index (χ0n) is 12.1. The Hall–Kier alpha value is -1.90. The number of ether oxygens (including phenoxy) is 1. The highest BCUT2D eigenvalue weighted by Crippen LogP contribution is 2.19. The van der Waals surface area contributed by atoms with Crippen molar-refractivity contribution in [3.63, 3.8) is 0 Å². The summed E-state index contributed by atoms with van der Waals surface area (Å²) in [6.07, 6.45) is 0.191. The van der Waals surface area contributed by atoms with Crippen LogP contribution in [0.15, 0.2) is 36.4 Å². The van der Waals surface area contributed by atoms with Gasteiger partial charge in [-0.15, -0.1) is 0 Å². The van der Waals surface area contributed by atoms with Gasteiger partial charge in [-0.05, 0) is 45.9 Å². The highest BCUT2D eigenvalue weighted by Gasteiger charge is 2.06. The Bertz CT molecular complexity index is 524. The fourth-order valence-electron chi connectivity index (χ4n) is 2.10. The van der Waals surface area contributed by atoms with Crippen LogP contribution < -0.4 is 10.2 Å². The van der Waals surface area contributed by atoms with Crippen molar-refractivity contribution in [2.24, 2.45) is 0 Å². The van der Waals surface area contributed by atoms with E-state index >= 15 is 0 Å². The molecule has 1 heterocycles. The lowest BCUT2D eigenvalue weighted by Gasteiger charge is -2.17. The number of aryl methyl sites for hydroxylation is 2. The lowest BCUT2D eigenvalue weighted by molar-refractivity contribution is 0.240. The molecule has 3 heteroatoms. The molecule has 0 amide bonds. The first-order valence-electron chi connectivity index (χ1n) is 6.71. The fourth-order valence-corrected chi connectivity index (χ4v) is 2.10. The van der Waals surface area contributed by atoms with E-state index < -0.39 is 0 Å². The summed E-state index contributed by atoms with van der Waals surface area (Å²) in [5.74, 6) is 0.951. The van der Waals surface area contributed by atoms with Crippen LogP contribution in [0, 0.1) is 13.8 Å². The number of hydrogen-bond donors (Lipinski definition) is 1. The number of aromatic nitrogens is 1. The summed E-state index contributed by atoms with van der Waals surface area (Å²) in [6, 6.07) is 12.4. The molecule has 2 rings (SSSR count). The van der Waals surface area contributed by atoms with Crippen LogP contribution in [-0.4, -0.2) is 10.8 Å². The van der Waals surface area contributed by atoms with Crippen LogP contribution in [0.2, 0.25) is 0 Å². The minimum Gasteiger partial charge on any atom is -0.491 e. The summed E-state index contributed by atoms with van der Waals surface area (Å²) in [4.78, 5) is 0. The molecule has 0 atom stereocenters. The third-order valence-corrected chi connectivity index (χ3v) is 3.03. The largest absolute Gasteiger partial charge is 0.491 e. The molecule has 0 aliphatic heterocycles. The van der Waals surface area contributed by atoms with Gasteiger partial charge in [0.05, 0.1) is 12.6 Å². The second kappa shape index (κ2) is 5.83. The maximum atomic E-state index is 5.83. The van der Waals surface area contributed by atoms with Gasteiger partial charge in [0.2, 0.25) is 0 Å². The maximum absolute atomic E-state index is 5.83. The first-order valence-corrected chi connectivity index (χ1v) is 6.71. The van der Waals surface area contributed by atoms with Crippen LogP contribution in [0.5, 0.6) is 5.75 Å². The molecule has 1 N–H and O–H groups in total. The van der Waals surface area contributed by atoms with E-state index in [1.54, 1.807) is 0 Å². The standard InChI is InChI=1S/C16H22N2O/c1-12(2)19-16-8-6-5-7-15(16)11-17-18-13(3)9-10-14(18)4/h5-10,12,17H,11H2,1-4H3. The molecular formula is C16H22N2O. The molecule has 3 nitrogen and oxygen atoms in total. The molecule has 1 aromatic heterocycles. The van der Waals surface area contributed by atoms with E-state index in [-0.39, 0.29) is 6.10 Å². The van der Waals surface area contributed by atoms with Crippen LogP contribution in [0.1, 0.15) is 30.8 Å². The van der Waals surface area contributed by atoms with E-state index in [0.717, 1.165) is 12.3 Å². The molecule has 0 saturated heterocycles. The van der Waals surface area contributed by atoms with E-state index in [9.17, 15) is 0 Å². The third-order valence-electron chi connectivity index (χ3n) is 3.03. The summed E-state index contributed by atoms with van der Waals surface area (Å²) in [5.41, 5.74) is 7.01. The smallest absolute Gasteiger partial charge is 0.124 e. The van der Waals surface area contributed by atoms with Gasteiger partial charge in [-0.1, -0.05) is 18.2 Å². The molecule has 0 unspecified atom stereocenters. The van der Waals surface area contributed by atoms with Gasteiger partial charge in [-0.3, -0.25) is 4.68 Å². The Balaban J connectivity index is 2.11. The molecule has 102 valence electrons. The zero-order valence-corrected chi connectivity index (χ0v) is 12.1. The van der Waals surface area contributed by atoms with Gasteiger partial charge in [0.25, 0.3) is 0 Å². The molecule has 0 spiro atoms. The summed E-state index contributed by atoms with van der Waals surface area (Å²) in [5, 5.41) is 0. The zero-order chi connectivity index (χ0) is 13.8. The molecule has 0 fully saturated rings. The lowest BCUT2D eigenvalue weighted by Crippen LogP contribution is -2.18. The van der Waals surface area contributed by atoms with Crippen molar-refractivity contribution >= 4 is 0 Å². The monoisotopic (exact) mass is 258 g/mol. The third kappa shape index (κ3) is 3.31. The summed E-state index contributed by atoms with van der Waals surface area (Å²) in [6.45, 7) is 9.03. The molecule has 2 aromatic rings. The van der Waals surface area contributed by atoms with Gasteiger partial charge < -0.3 is 10.2 Å². The van der Waals surface area contributed by atoms with Crippen LogP contribution >= 0.6 is 0 Å². The first-order chi connectivity index (χ1) is 9.08. The number of nitrogens with zero attached hydrogens (tertiary/aromatic N) is 1. The van der Waals surface area contributed by atoms with Gasteiger partial charge in [0.1, 0.15) is 5.75 Å². The molecular weight excluding hydrogens is 236 g/mol. The molecule has 1 aromatic carbocycles. The van der Waals surface area contributed by atoms with E-state index in [1.165, 1.54) is 17.0 Å². The highest BCUT2D eigenvalue weighted by molar-refractivity contribution is 5.34. The SMILES string of the molecule is Cc1ccc(C)n1NCc1ccccc1OC(C)C. The number of hydrogen-bond acceptors (Lipinski definition) is 2. The Morgan fingerprint density at radius 1 is 1.05 bits per heavy atom. The Morgan fingerprint density at radius 3 is 2.32 bits per heavy atom. The summed E-state index contributed by atoms with van der Waals surface area (Å²) < 4.78 is 7.93. The fraction of sp³-hybridized carbons (Fsp3) is 0.375. The van der Waals surface area contributed by atoms with E-state index in [1.807, 2.05) is 32.0 Å². The molecule has 19 heavy (non-hydrogen) atoms. The van der Waals surface area contributed by atoms with Crippen molar-refractivity contribution in [1.82, 2.24) is 4.68 Å².